The number of carbonyl (C=O) groups is 2. The maximum absolute atomic E-state index is 12.0. The summed E-state index contributed by atoms with van der Waals surface area (Å²) in [6, 6.07) is 6.28. The van der Waals surface area contributed by atoms with Crippen molar-refractivity contribution in [2.45, 2.75) is 13.1 Å². The smallest absolute Gasteiger partial charge is 0.399 e. The molecule has 0 aliphatic rings. The fourth-order valence-electron chi connectivity index (χ4n) is 1.50. The highest BCUT2D eigenvalue weighted by Crippen LogP contribution is 2.17. The molecule has 1 aromatic carbocycles. The van der Waals surface area contributed by atoms with Gasteiger partial charge in [0.05, 0.1) is 0 Å². The summed E-state index contributed by atoms with van der Waals surface area (Å²) >= 11 is 0. The van der Waals surface area contributed by atoms with Crippen LogP contribution in [-0.2, 0) is 9.59 Å². The van der Waals surface area contributed by atoms with Crippen molar-refractivity contribution in [1.29, 1.82) is 0 Å². The summed E-state index contributed by atoms with van der Waals surface area (Å²) in [7, 11) is 0. The van der Waals surface area contributed by atoms with Crippen LogP contribution >= 0.6 is 0 Å². The molecule has 0 aliphatic heterocycles. The van der Waals surface area contributed by atoms with Gasteiger partial charge >= 0.3 is 12.1 Å². The normalized spacial score (nSPS) is 11.0. The number of alkyl halides is 3. The van der Waals surface area contributed by atoms with Gasteiger partial charge in [0, 0.05) is 31.4 Å². The fraction of sp³-hybridized carbons (Fsp3) is 0.333. The SMILES string of the molecule is CC(=O)N(CCNC(=O)C(F)(F)F)c1ccc(N)cc1. The summed E-state index contributed by atoms with van der Waals surface area (Å²) < 4.78 is 36.0. The molecule has 3 N–H and O–H groups in total. The summed E-state index contributed by atoms with van der Waals surface area (Å²) in [5, 5.41) is 1.71. The highest BCUT2D eigenvalue weighted by Gasteiger charge is 2.38. The van der Waals surface area contributed by atoms with Crippen LogP contribution in [0.25, 0.3) is 0 Å². The quantitative estimate of drug-likeness (QED) is 0.820. The predicted octanol–water partition coefficient (Wildman–Crippen LogP) is 1.30. The molecule has 0 saturated heterocycles. The molecule has 1 aromatic rings. The number of rotatable bonds is 4. The van der Waals surface area contributed by atoms with E-state index in [-0.39, 0.29) is 19.0 Å². The molecule has 0 heterocycles. The van der Waals surface area contributed by atoms with E-state index in [2.05, 4.69) is 0 Å². The third-order valence-corrected chi connectivity index (χ3v) is 2.46. The highest BCUT2D eigenvalue weighted by molar-refractivity contribution is 5.91. The van der Waals surface area contributed by atoms with Crippen molar-refractivity contribution in [3.8, 4) is 0 Å². The van der Waals surface area contributed by atoms with Gasteiger partial charge in [0.15, 0.2) is 0 Å². The van der Waals surface area contributed by atoms with Crippen LogP contribution in [0.4, 0.5) is 24.5 Å². The minimum absolute atomic E-state index is 0.0684. The molecular weight excluding hydrogens is 275 g/mol. The molecule has 20 heavy (non-hydrogen) atoms. The van der Waals surface area contributed by atoms with Gasteiger partial charge in [-0.15, -0.1) is 0 Å². The van der Waals surface area contributed by atoms with Gasteiger partial charge in [0.1, 0.15) is 0 Å². The molecule has 110 valence electrons. The Morgan fingerprint density at radius 3 is 2.25 bits per heavy atom. The van der Waals surface area contributed by atoms with Crippen molar-refractivity contribution < 1.29 is 22.8 Å². The van der Waals surface area contributed by atoms with Gasteiger partial charge in [-0.05, 0) is 24.3 Å². The van der Waals surface area contributed by atoms with Crippen molar-refractivity contribution in [2.24, 2.45) is 0 Å². The Labute approximate surface area is 113 Å². The van der Waals surface area contributed by atoms with Crippen LogP contribution in [0.3, 0.4) is 0 Å². The van der Waals surface area contributed by atoms with Crippen molar-refractivity contribution >= 4 is 23.2 Å². The standard InChI is InChI=1S/C12H14F3N3O2/c1-8(19)18(10-4-2-9(16)3-5-10)7-6-17-11(20)12(13,14)15/h2-5H,6-7,16H2,1H3,(H,17,20). The van der Waals surface area contributed by atoms with Crippen LogP contribution < -0.4 is 16.0 Å². The van der Waals surface area contributed by atoms with Crippen LogP contribution in [0.5, 0.6) is 0 Å². The lowest BCUT2D eigenvalue weighted by Crippen LogP contribution is -2.42. The van der Waals surface area contributed by atoms with E-state index in [1.165, 1.54) is 11.8 Å². The number of nitrogens with zero attached hydrogens (tertiary/aromatic N) is 1. The zero-order valence-corrected chi connectivity index (χ0v) is 10.7. The van der Waals surface area contributed by atoms with Gasteiger partial charge < -0.3 is 16.0 Å². The Balaban J connectivity index is 2.63. The van der Waals surface area contributed by atoms with Crippen LogP contribution in [-0.4, -0.2) is 31.1 Å². The van der Waals surface area contributed by atoms with E-state index < -0.39 is 12.1 Å². The van der Waals surface area contributed by atoms with E-state index in [0.717, 1.165) is 0 Å². The number of nitrogens with two attached hydrogens (primary N) is 1. The molecule has 0 fully saturated rings. The van der Waals surface area contributed by atoms with Gasteiger partial charge in [0.2, 0.25) is 5.91 Å². The van der Waals surface area contributed by atoms with Gasteiger partial charge in [-0.3, -0.25) is 9.59 Å². The van der Waals surface area contributed by atoms with Crippen molar-refractivity contribution in [3.05, 3.63) is 24.3 Å². The summed E-state index contributed by atoms with van der Waals surface area (Å²) in [6.07, 6.45) is -4.93. The predicted molar refractivity (Wildman–Crippen MR) is 67.9 cm³/mol. The Bertz CT molecular complexity index is 486. The van der Waals surface area contributed by atoms with Gasteiger partial charge in [-0.1, -0.05) is 0 Å². The average Bonchev–Trinajstić information content (AvgIpc) is 2.34. The fourth-order valence-corrected chi connectivity index (χ4v) is 1.50. The largest absolute Gasteiger partial charge is 0.471 e. The molecule has 8 heteroatoms. The second-order valence-corrected chi connectivity index (χ2v) is 4.02. The molecule has 2 amide bonds. The number of amides is 2. The lowest BCUT2D eigenvalue weighted by molar-refractivity contribution is -0.173. The number of anilines is 2. The molecule has 0 aromatic heterocycles. The topological polar surface area (TPSA) is 75.4 Å². The second-order valence-electron chi connectivity index (χ2n) is 4.02. The average molecular weight is 289 g/mol. The summed E-state index contributed by atoms with van der Waals surface area (Å²) in [4.78, 5) is 23.3. The monoisotopic (exact) mass is 289 g/mol. The first-order chi connectivity index (χ1) is 9.21. The number of hydrogen-bond acceptors (Lipinski definition) is 3. The van der Waals surface area contributed by atoms with Gasteiger partial charge in [-0.25, -0.2) is 0 Å². The molecule has 5 nitrogen and oxygen atoms in total. The van der Waals surface area contributed by atoms with E-state index >= 15 is 0 Å². The Hall–Kier alpha value is -2.25. The lowest BCUT2D eigenvalue weighted by Gasteiger charge is -2.21. The number of hydrogen-bond donors (Lipinski definition) is 2. The Kier molecular flexibility index (Phi) is 4.95. The third-order valence-electron chi connectivity index (χ3n) is 2.46. The van der Waals surface area contributed by atoms with E-state index in [0.29, 0.717) is 11.4 Å². The zero-order chi connectivity index (χ0) is 15.3. The maximum atomic E-state index is 12.0. The van der Waals surface area contributed by atoms with Crippen molar-refractivity contribution in [3.63, 3.8) is 0 Å². The minimum atomic E-state index is -4.93. The zero-order valence-electron chi connectivity index (χ0n) is 10.7. The minimum Gasteiger partial charge on any atom is -0.399 e. The first-order valence-electron chi connectivity index (χ1n) is 5.70. The van der Waals surface area contributed by atoms with E-state index in [9.17, 15) is 22.8 Å². The van der Waals surface area contributed by atoms with E-state index in [4.69, 9.17) is 5.73 Å². The number of halogens is 3. The maximum Gasteiger partial charge on any atom is 0.471 e. The molecule has 0 saturated carbocycles. The molecule has 0 bridgehead atoms. The summed E-state index contributed by atoms with van der Waals surface area (Å²) in [5.74, 6) is -2.38. The lowest BCUT2D eigenvalue weighted by atomic mass is 10.2. The number of carbonyl (C=O) groups excluding carboxylic acids is 2. The van der Waals surface area contributed by atoms with Crippen LogP contribution in [0.15, 0.2) is 24.3 Å². The summed E-state index contributed by atoms with van der Waals surface area (Å²) in [5.41, 5.74) is 6.50. The first kappa shape index (κ1) is 15.8. The third kappa shape index (κ3) is 4.45. The van der Waals surface area contributed by atoms with Crippen LogP contribution in [0.2, 0.25) is 0 Å². The van der Waals surface area contributed by atoms with Crippen molar-refractivity contribution in [1.82, 2.24) is 5.32 Å². The molecular formula is C12H14F3N3O2. The molecule has 0 aliphatic carbocycles. The highest BCUT2D eigenvalue weighted by atomic mass is 19.4. The Morgan fingerprint density at radius 2 is 1.80 bits per heavy atom. The first-order valence-corrected chi connectivity index (χ1v) is 5.70. The van der Waals surface area contributed by atoms with E-state index in [1.54, 1.807) is 29.6 Å². The van der Waals surface area contributed by atoms with Crippen LogP contribution in [0, 0.1) is 0 Å². The van der Waals surface area contributed by atoms with Gasteiger partial charge in [0.25, 0.3) is 0 Å². The number of benzene rings is 1. The molecule has 0 spiro atoms. The van der Waals surface area contributed by atoms with Crippen LogP contribution in [0.1, 0.15) is 6.92 Å². The van der Waals surface area contributed by atoms with Crippen molar-refractivity contribution in [2.75, 3.05) is 23.7 Å². The van der Waals surface area contributed by atoms with Gasteiger partial charge in [-0.2, -0.15) is 13.2 Å². The number of nitrogens with one attached hydrogen (secondary N) is 1. The molecule has 0 atom stereocenters. The van der Waals surface area contributed by atoms with E-state index in [1.807, 2.05) is 0 Å². The molecule has 0 unspecified atom stereocenters. The number of nitrogen functional groups attached to an aromatic ring is 1. The Morgan fingerprint density at radius 1 is 1.25 bits per heavy atom. The summed E-state index contributed by atoms with van der Waals surface area (Å²) in [6.45, 7) is 0.908. The molecule has 1 rings (SSSR count). The second kappa shape index (κ2) is 6.27. The molecule has 0 radical (unpaired) electrons.